The van der Waals surface area contributed by atoms with Crippen LogP contribution in [0.25, 0.3) is 55.3 Å². The molecule has 1 spiro atoms. The molecule has 3 nitrogen and oxygen atoms in total. The van der Waals surface area contributed by atoms with Crippen LogP contribution in [0.1, 0.15) is 22.3 Å². The normalized spacial score (nSPS) is 13.1. The first-order chi connectivity index (χ1) is 31.8. The van der Waals surface area contributed by atoms with Gasteiger partial charge in [0.2, 0.25) is 0 Å². The number of hydrogen-bond donors (Lipinski definition) is 0. The monoisotopic (exact) mass is 816 g/mol. The van der Waals surface area contributed by atoms with E-state index in [2.05, 4.69) is 246 Å². The molecule has 10 aromatic carbocycles. The lowest BCUT2D eigenvalue weighted by Gasteiger charge is -2.45. The third kappa shape index (κ3) is 5.28. The quantitative estimate of drug-likeness (QED) is 0.167. The first kappa shape index (κ1) is 36.3. The molecule has 13 rings (SSSR count). The van der Waals surface area contributed by atoms with Gasteiger partial charge in [-0.1, -0.05) is 176 Å². The van der Waals surface area contributed by atoms with Gasteiger partial charge in [-0.15, -0.1) is 0 Å². The molecule has 0 bridgehead atoms. The standard InChI is InChI=1S/C61H40N2O/c1-3-19-41(20-4-1)42-21-17-22-43(39-42)46-25-8-13-32-54(46)63(45-37-38-59-49(40-45)47-26-9-16-36-58(47)64-59)57-35-18-31-53-60(57)48-27-7-10-28-50(48)61(53)51-29-11-14-33-55(51)62(44-23-5-2-6-24-44)56-34-15-12-30-52(56)61/h1-40H. The highest BCUT2D eigenvalue weighted by Gasteiger charge is 2.52. The molecule has 0 radical (unpaired) electrons. The molecule has 0 fully saturated rings. The van der Waals surface area contributed by atoms with Gasteiger partial charge >= 0.3 is 0 Å². The van der Waals surface area contributed by atoms with Crippen molar-refractivity contribution in [3.8, 4) is 33.4 Å². The van der Waals surface area contributed by atoms with E-state index < -0.39 is 5.41 Å². The summed E-state index contributed by atoms with van der Waals surface area (Å²) in [4.78, 5) is 4.94. The molecule has 11 aromatic rings. The zero-order valence-corrected chi connectivity index (χ0v) is 34.9. The van der Waals surface area contributed by atoms with Crippen LogP contribution >= 0.6 is 0 Å². The average Bonchev–Trinajstić information content (AvgIpc) is 3.89. The van der Waals surface area contributed by atoms with Gasteiger partial charge in [0, 0.05) is 33.3 Å². The van der Waals surface area contributed by atoms with E-state index in [0.717, 1.165) is 55.8 Å². The third-order valence-electron chi connectivity index (χ3n) is 13.4. The molecule has 0 unspecified atom stereocenters. The highest BCUT2D eigenvalue weighted by atomic mass is 16.3. The summed E-state index contributed by atoms with van der Waals surface area (Å²) in [5, 5.41) is 2.19. The number of nitrogens with zero attached hydrogens (tertiary/aromatic N) is 2. The van der Waals surface area contributed by atoms with Crippen LogP contribution in [-0.2, 0) is 5.41 Å². The lowest BCUT2D eigenvalue weighted by Crippen LogP contribution is -2.36. The van der Waals surface area contributed by atoms with E-state index in [4.69, 9.17) is 4.42 Å². The van der Waals surface area contributed by atoms with Gasteiger partial charge in [-0.05, 0) is 111 Å². The minimum Gasteiger partial charge on any atom is -0.456 e. The van der Waals surface area contributed by atoms with E-state index >= 15 is 0 Å². The van der Waals surface area contributed by atoms with Gasteiger partial charge in [0.25, 0.3) is 0 Å². The highest BCUT2D eigenvalue weighted by molar-refractivity contribution is 6.08. The maximum absolute atomic E-state index is 6.43. The molecule has 3 heteroatoms. The van der Waals surface area contributed by atoms with Crippen molar-refractivity contribution in [1.29, 1.82) is 0 Å². The van der Waals surface area contributed by atoms with Gasteiger partial charge in [-0.2, -0.15) is 0 Å². The molecule has 0 atom stereocenters. The maximum atomic E-state index is 6.43. The summed E-state index contributed by atoms with van der Waals surface area (Å²) in [6.45, 7) is 0. The van der Waals surface area contributed by atoms with Crippen molar-refractivity contribution in [2.45, 2.75) is 5.41 Å². The van der Waals surface area contributed by atoms with Crippen molar-refractivity contribution >= 4 is 56.1 Å². The van der Waals surface area contributed by atoms with Crippen LogP contribution in [0.3, 0.4) is 0 Å². The van der Waals surface area contributed by atoms with Gasteiger partial charge in [-0.25, -0.2) is 0 Å². The van der Waals surface area contributed by atoms with Gasteiger partial charge in [0.1, 0.15) is 11.2 Å². The number of furan rings is 1. The minimum absolute atomic E-state index is 0.597. The predicted octanol–water partition coefficient (Wildman–Crippen LogP) is 16.5. The topological polar surface area (TPSA) is 19.6 Å². The molecule has 0 N–H and O–H groups in total. The number of hydrogen-bond acceptors (Lipinski definition) is 3. The van der Waals surface area contributed by atoms with E-state index in [1.807, 2.05) is 6.07 Å². The summed E-state index contributed by atoms with van der Waals surface area (Å²) in [6, 6.07) is 88.4. The summed E-state index contributed by atoms with van der Waals surface area (Å²) in [7, 11) is 0. The van der Waals surface area contributed by atoms with Crippen LogP contribution in [0, 0.1) is 0 Å². The Morgan fingerprint density at radius 2 is 0.922 bits per heavy atom. The van der Waals surface area contributed by atoms with Crippen molar-refractivity contribution in [3.05, 3.63) is 265 Å². The second-order valence-corrected chi connectivity index (χ2v) is 16.8. The summed E-state index contributed by atoms with van der Waals surface area (Å²) in [5.74, 6) is 0. The number of anilines is 6. The first-order valence-electron chi connectivity index (χ1n) is 22.0. The fourth-order valence-electron chi connectivity index (χ4n) is 10.8. The van der Waals surface area contributed by atoms with Crippen LogP contribution in [-0.4, -0.2) is 0 Å². The molecule has 2 heterocycles. The molecule has 1 aromatic heterocycles. The Morgan fingerprint density at radius 3 is 1.72 bits per heavy atom. The van der Waals surface area contributed by atoms with E-state index in [0.29, 0.717) is 0 Å². The lowest BCUT2D eigenvalue weighted by atomic mass is 9.64. The summed E-state index contributed by atoms with van der Waals surface area (Å²) >= 11 is 0. The van der Waals surface area contributed by atoms with E-state index in [9.17, 15) is 0 Å². The van der Waals surface area contributed by atoms with Crippen LogP contribution in [0.4, 0.5) is 34.1 Å². The fourth-order valence-corrected chi connectivity index (χ4v) is 10.8. The second kappa shape index (κ2) is 14.3. The van der Waals surface area contributed by atoms with Crippen LogP contribution in [0.5, 0.6) is 0 Å². The Bertz CT molecular complexity index is 3540. The van der Waals surface area contributed by atoms with E-state index in [1.165, 1.54) is 55.9 Å². The van der Waals surface area contributed by atoms with Crippen LogP contribution in [0.15, 0.2) is 247 Å². The summed E-state index contributed by atoms with van der Waals surface area (Å²) in [6.07, 6.45) is 0. The predicted molar refractivity (Wildman–Crippen MR) is 265 cm³/mol. The largest absolute Gasteiger partial charge is 0.456 e. The molecule has 300 valence electrons. The number of para-hydroxylation sites is 5. The molecular formula is C61H40N2O. The summed E-state index contributed by atoms with van der Waals surface area (Å²) in [5.41, 5.74) is 20.1. The molecule has 1 aliphatic carbocycles. The zero-order valence-electron chi connectivity index (χ0n) is 34.9. The second-order valence-electron chi connectivity index (χ2n) is 16.8. The average molecular weight is 817 g/mol. The van der Waals surface area contributed by atoms with Gasteiger partial charge in [0.05, 0.1) is 28.2 Å². The molecule has 64 heavy (non-hydrogen) atoms. The van der Waals surface area contributed by atoms with Gasteiger partial charge < -0.3 is 14.2 Å². The molecular weight excluding hydrogens is 777 g/mol. The Hall–Kier alpha value is -8.40. The van der Waals surface area contributed by atoms with Crippen LogP contribution in [0.2, 0.25) is 0 Å². The van der Waals surface area contributed by atoms with Crippen molar-refractivity contribution in [3.63, 3.8) is 0 Å². The zero-order chi connectivity index (χ0) is 42.2. The van der Waals surface area contributed by atoms with E-state index in [-0.39, 0.29) is 0 Å². The van der Waals surface area contributed by atoms with Crippen molar-refractivity contribution in [2.24, 2.45) is 0 Å². The first-order valence-corrected chi connectivity index (χ1v) is 22.0. The maximum Gasteiger partial charge on any atom is 0.135 e. The van der Waals surface area contributed by atoms with Crippen molar-refractivity contribution in [2.75, 3.05) is 9.80 Å². The van der Waals surface area contributed by atoms with Crippen molar-refractivity contribution < 1.29 is 4.42 Å². The van der Waals surface area contributed by atoms with Crippen LogP contribution < -0.4 is 9.80 Å². The molecule has 0 saturated heterocycles. The molecule has 0 saturated carbocycles. The Balaban J connectivity index is 1.11. The van der Waals surface area contributed by atoms with Gasteiger partial charge in [-0.3, -0.25) is 0 Å². The number of rotatable bonds is 6. The minimum atomic E-state index is -0.597. The molecule has 2 aliphatic rings. The van der Waals surface area contributed by atoms with Crippen molar-refractivity contribution in [1.82, 2.24) is 0 Å². The fraction of sp³-hybridized carbons (Fsp3) is 0.0164. The molecule has 1 aliphatic heterocycles. The Labute approximate surface area is 372 Å². The Kier molecular flexibility index (Phi) is 8.13. The number of fused-ring (bicyclic) bond motifs is 12. The number of benzene rings is 10. The third-order valence-corrected chi connectivity index (χ3v) is 13.4. The van der Waals surface area contributed by atoms with E-state index in [1.54, 1.807) is 0 Å². The lowest BCUT2D eigenvalue weighted by molar-refractivity contribution is 0.669. The summed E-state index contributed by atoms with van der Waals surface area (Å²) < 4.78 is 6.43. The smallest absolute Gasteiger partial charge is 0.135 e. The Morgan fingerprint density at radius 1 is 0.359 bits per heavy atom. The van der Waals surface area contributed by atoms with Gasteiger partial charge in [0.15, 0.2) is 0 Å². The SMILES string of the molecule is c1ccc(-c2cccc(-c3ccccc3N(c3ccc4oc5ccccc5c4c3)c3cccc4c3-c3ccccc3C43c4ccccc4N(c4ccccc4)c4ccccc43)c2)cc1. The highest BCUT2D eigenvalue weighted by Crippen LogP contribution is 2.65. The molecule has 0 amide bonds.